The zero-order chi connectivity index (χ0) is 24.3. The summed E-state index contributed by atoms with van der Waals surface area (Å²) < 4.78 is 13.0. The number of hydrogen-bond donors (Lipinski definition) is 2. The number of pyridine rings is 1. The molecule has 2 amide bonds. The number of amides is 2. The number of ether oxygens (including phenoxy) is 1. The number of aryl methyl sites for hydroxylation is 2. The maximum absolute atomic E-state index is 13.2. The lowest BCUT2D eigenvalue weighted by Gasteiger charge is -2.44. The highest BCUT2D eigenvalue weighted by atomic mass is 32.2. The normalized spacial score (nSPS) is 17.6. The van der Waals surface area contributed by atoms with Crippen LogP contribution in [-0.2, 0) is 29.7 Å². The number of hydrogen-bond acceptors (Lipinski definition) is 5. The molecule has 184 valence electrons. The van der Waals surface area contributed by atoms with Crippen LogP contribution in [0.4, 0.5) is 10.5 Å². The third kappa shape index (κ3) is 3.52. The molecule has 1 fully saturated rings. The molecule has 1 saturated carbocycles. The number of urea groups is 1. The summed E-state index contributed by atoms with van der Waals surface area (Å²) in [5.74, 6) is 0. The lowest BCUT2D eigenvalue weighted by Crippen LogP contribution is -2.43. The average Bonchev–Trinajstić information content (AvgIpc) is 3.59. The fourth-order valence-electron chi connectivity index (χ4n) is 6.00. The summed E-state index contributed by atoms with van der Waals surface area (Å²) in [4.78, 5) is 13.2. The smallest absolute Gasteiger partial charge is 0.329 e. The molecule has 4 heterocycles. The maximum Gasteiger partial charge on any atom is 0.329 e. The van der Waals surface area contributed by atoms with E-state index in [-0.39, 0.29) is 11.6 Å². The van der Waals surface area contributed by atoms with Crippen molar-refractivity contribution in [2.45, 2.75) is 62.6 Å². The SMILES string of the molecule is Cc1cc2c(c(NC(=O)NSc3cc4n(n3)CCOC43CCC3)c1-c1ccn3nccc3c1)CCC2. The number of nitrogens with one attached hydrogen (secondary N) is 2. The number of fused-ring (bicyclic) bond motifs is 4. The Bertz CT molecular complexity index is 1500. The van der Waals surface area contributed by atoms with Crippen LogP contribution in [0.25, 0.3) is 16.6 Å². The molecule has 3 aliphatic rings. The van der Waals surface area contributed by atoms with Crippen molar-refractivity contribution in [2.24, 2.45) is 0 Å². The van der Waals surface area contributed by atoms with E-state index in [2.05, 4.69) is 46.3 Å². The third-order valence-corrected chi connectivity index (χ3v) is 8.54. The molecule has 9 heteroatoms. The first-order chi connectivity index (χ1) is 17.6. The second kappa shape index (κ2) is 8.38. The van der Waals surface area contributed by atoms with Crippen molar-refractivity contribution in [3.8, 4) is 11.1 Å². The molecule has 8 nitrogen and oxygen atoms in total. The molecular formula is C27H28N6O2S. The third-order valence-electron chi connectivity index (χ3n) is 7.84. The van der Waals surface area contributed by atoms with E-state index >= 15 is 0 Å². The van der Waals surface area contributed by atoms with E-state index in [1.165, 1.54) is 29.5 Å². The Kier molecular flexibility index (Phi) is 5.11. The molecule has 4 aromatic rings. The summed E-state index contributed by atoms with van der Waals surface area (Å²) in [6.45, 7) is 3.57. The van der Waals surface area contributed by atoms with Crippen molar-refractivity contribution < 1.29 is 9.53 Å². The van der Waals surface area contributed by atoms with E-state index in [1.54, 1.807) is 6.20 Å². The minimum Gasteiger partial charge on any atom is -0.367 e. The van der Waals surface area contributed by atoms with Gasteiger partial charge in [0.25, 0.3) is 0 Å². The van der Waals surface area contributed by atoms with Crippen molar-refractivity contribution in [2.75, 3.05) is 11.9 Å². The Labute approximate surface area is 213 Å². The second-order valence-corrected chi connectivity index (χ2v) is 10.8. The maximum atomic E-state index is 13.2. The molecule has 1 aromatic carbocycles. The van der Waals surface area contributed by atoms with E-state index in [1.807, 2.05) is 21.5 Å². The predicted octanol–water partition coefficient (Wildman–Crippen LogP) is 5.23. The van der Waals surface area contributed by atoms with Crippen LogP contribution in [0, 0.1) is 6.92 Å². The van der Waals surface area contributed by atoms with Crippen molar-refractivity contribution >= 4 is 29.2 Å². The minimum absolute atomic E-state index is 0.167. The van der Waals surface area contributed by atoms with Crippen molar-refractivity contribution in [3.05, 3.63) is 65.1 Å². The lowest BCUT2D eigenvalue weighted by atomic mass is 9.77. The number of nitrogens with zero attached hydrogens (tertiary/aromatic N) is 4. The van der Waals surface area contributed by atoms with Crippen LogP contribution in [0.15, 0.2) is 47.8 Å². The van der Waals surface area contributed by atoms with Crippen molar-refractivity contribution in [1.29, 1.82) is 0 Å². The predicted molar refractivity (Wildman–Crippen MR) is 139 cm³/mol. The molecule has 3 aromatic heterocycles. The number of anilines is 1. The van der Waals surface area contributed by atoms with Crippen LogP contribution in [-0.4, -0.2) is 32.0 Å². The number of rotatable bonds is 4. The summed E-state index contributed by atoms with van der Waals surface area (Å²) in [5.41, 5.74) is 8.79. The van der Waals surface area contributed by atoms with Gasteiger partial charge in [-0.05, 0) is 92.0 Å². The Morgan fingerprint density at radius 1 is 1.17 bits per heavy atom. The van der Waals surface area contributed by atoms with Gasteiger partial charge in [-0.1, -0.05) is 6.07 Å². The Balaban J connectivity index is 1.16. The van der Waals surface area contributed by atoms with Crippen LogP contribution in [0.5, 0.6) is 0 Å². The van der Waals surface area contributed by atoms with Gasteiger partial charge < -0.3 is 10.1 Å². The highest BCUT2D eigenvalue weighted by Crippen LogP contribution is 2.47. The van der Waals surface area contributed by atoms with Crippen LogP contribution in [0.3, 0.4) is 0 Å². The topological polar surface area (TPSA) is 85.5 Å². The molecular weight excluding hydrogens is 472 g/mol. The first-order valence-corrected chi connectivity index (χ1v) is 13.5. The van der Waals surface area contributed by atoms with Gasteiger partial charge in [-0.2, -0.15) is 10.2 Å². The number of carbonyl (C=O) groups is 1. The molecule has 0 saturated heterocycles. The van der Waals surface area contributed by atoms with Gasteiger partial charge in [0.05, 0.1) is 30.0 Å². The fourth-order valence-corrected chi connectivity index (χ4v) is 6.56. The Morgan fingerprint density at radius 2 is 2.08 bits per heavy atom. The van der Waals surface area contributed by atoms with Gasteiger partial charge in [0.2, 0.25) is 0 Å². The molecule has 1 aliphatic heterocycles. The molecule has 1 spiro atoms. The van der Waals surface area contributed by atoms with Crippen molar-refractivity contribution in [1.82, 2.24) is 24.1 Å². The standard InChI is InChI=1S/C27H28N6O2S/c1-17-14-18-4-2-5-21(18)25(24(17)19-7-11-32-20(15-19)6-10-28-32)29-26(34)31-36-23-16-22-27(8-3-9-27)35-13-12-33(22)30-23/h6-7,10-11,14-16H,2-5,8-9,12-13H2,1H3,(H2,29,31,34). The van der Waals surface area contributed by atoms with E-state index in [0.717, 1.165) is 77.3 Å². The van der Waals surface area contributed by atoms with Crippen LogP contribution < -0.4 is 10.0 Å². The molecule has 0 bridgehead atoms. The number of carbonyl (C=O) groups excluding carboxylic acids is 1. The average molecular weight is 501 g/mol. The highest BCUT2D eigenvalue weighted by Gasteiger charge is 2.44. The van der Waals surface area contributed by atoms with Crippen LogP contribution >= 0.6 is 11.9 Å². The summed E-state index contributed by atoms with van der Waals surface area (Å²) >= 11 is 1.26. The van der Waals surface area contributed by atoms with Crippen molar-refractivity contribution in [3.63, 3.8) is 0 Å². The zero-order valence-corrected chi connectivity index (χ0v) is 21.0. The Morgan fingerprint density at radius 3 is 2.94 bits per heavy atom. The summed E-state index contributed by atoms with van der Waals surface area (Å²) in [6, 6.07) is 10.3. The largest absolute Gasteiger partial charge is 0.367 e. The quantitative estimate of drug-likeness (QED) is 0.375. The molecule has 7 rings (SSSR count). The monoisotopic (exact) mass is 500 g/mol. The van der Waals surface area contributed by atoms with Gasteiger partial charge in [-0.15, -0.1) is 0 Å². The van der Waals surface area contributed by atoms with E-state index in [4.69, 9.17) is 9.84 Å². The first kappa shape index (κ1) is 21.9. The lowest BCUT2D eigenvalue weighted by molar-refractivity contribution is -0.131. The van der Waals surface area contributed by atoms with Gasteiger partial charge >= 0.3 is 6.03 Å². The fraction of sp³-hybridized carbons (Fsp3) is 0.370. The van der Waals surface area contributed by atoms with Gasteiger partial charge in [0.1, 0.15) is 10.6 Å². The molecule has 36 heavy (non-hydrogen) atoms. The number of aromatic nitrogens is 4. The molecule has 0 radical (unpaired) electrons. The first-order valence-electron chi connectivity index (χ1n) is 12.6. The zero-order valence-electron chi connectivity index (χ0n) is 20.2. The summed E-state index contributed by atoms with van der Waals surface area (Å²) in [5, 5.41) is 13.0. The molecule has 0 atom stereocenters. The number of benzene rings is 1. The van der Waals surface area contributed by atoms with Gasteiger partial charge in [0, 0.05) is 29.9 Å². The second-order valence-electron chi connectivity index (χ2n) is 10.00. The van der Waals surface area contributed by atoms with E-state index in [9.17, 15) is 4.79 Å². The van der Waals surface area contributed by atoms with Gasteiger partial charge in [0.15, 0.2) is 0 Å². The van der Waals surface area contributed by atoms with E-state index < -0.39 is 0 Å². The highest BCUT2D eigenvalue weighted by molar-refractivity contribution is 7.97. The summed E-state index contributed by atoms with van der Waals surface area (Å²) in [6.07, 6.45) is 10.2. The molecule has 0 unspecified atom stereocenters. The Hall–Kier alpha value is -3.30. The van der Waals surface area contributed by atoms with Gasteiger partial charge in [-0.25, -0.2) is 9.31 Å². The minimum atomic E-state index is -0.244. The summed E-state index contributed by atoms with van der Waals surface area (Å²) in [7, 11) is 0. The van der Waals surface area contributed by atoms with E-state index in [0.29, 0.717) is 6.61 Å². The molecule has 2 N–H and O–H groups in total. The van der Waals surface area contributed by atoms with Crippen LogP contribution in [0.2, 0.25) is 0 Å². The van der Waals surface area contributed by atoms with Crippen LogP contribution in [0.1, 0.15) is 48.1 Å². The molecule has 2 aliphatic carbocycles. The van der Waals surface area contributed by atoms with Gasteiger partial charge in [-0.3, -0.25) is 9.40 Å².